The van der Waals surface area contributed by atoms with E-state index >= 15 is 0 Å². The molecule has 0 aliphatic heterocycles. The molecule has 0 atom stereocenters. The summed E-state index contributed by atoms with van der Waals surface area (Å²) in [4.78, 5) is 25.8. The molecule has 2 rings (SSSR count). The number of nitro groups is 1. The van der Waals surface area contributed by atoms with Gasteiger partial charge in [0.15, 0.2) is 0 Å². The van der Waals surface area contributed by atoms with Gasteiger partial charge in [0, 0.05) is 19.2 Å². The Morgan fingerprint density at radius 1 is 1.33 bits per heavy atom. The Labute approximate surface area is 150 Å². The van der Waals surface area contributed by atoms with Crippen LogP contribution in [0.15, 0.2) is 36.4 Å². The van der Waals surface area contributed by atoms with Crippen molar-refractivity contribution in [3.05, 3.63) is 61.8 Å². The third kappa shape index (κ3) is 5.02. The van der Waals surface area contributed by atoms with Gasteiger partial charge >= 0.3 is 0 Å². The summed E-state index contributed by atoms with van der Waals surface area (Å²) in [5.41, 5.74) is 6.56. The minimum absolute atomic E-state index is 0. The van der Waals surface area contributed by atoms with Crippen LogP contribution in [0.2, 0.25) is 0 Å². The van der Waals surface area contributed by atoms with Crippen molar-refractivity contribution in [3.63, 3.8) is 0 Å². The zero-order chi connectivity index (χ0) is 16.8. The zero-order valence-electron chi connectivity index (χ0n) is 13.3. The number of hydrogen-bond donors (Lipinski definition) is 1. The maximum Gasteiger partial charge on any atom is 0.283 e. The Hall–Kier alpha value is -1.96. The van der Waals surface area contributed by atoms with E-state index in [0.717, 1.165) is 16.9 Å². The van der Waals surface area contributed by atoms with Crippen LogP contribution < -0.4 is 5.73 Å². The van der Waals surface area contributed by atoms with Crippen LogP contribution in [0.3, 0.4) is 0 Å². The molecule has 8 heteroatoms. The molecule has 0 saturated carbocycles. The van der Waals surface area contributed by atoms with E-state index in [1.165, 1.54) is 6.07 Å². The van der Waals surface area contributed by atoms with Crippen LogP contribution in [0.1, 0.15) is 26.5 Å². The van der Waals surface area contributed by atoms with Crippen LogP contribution in [0.4, 0.5) is 5.69 Å². The Morgan fingerprint density at radius 2 is 2.00 bits per heavy atom. The SMILES string of the molecule is Cc1sc(C(=O)N(CCCN)Cc2ccccc2)cc1[N+](=O)[O-].Cl. The normalized spacial score (nSPS) is 10.1. The van der Waals surface area contributed by atoms with Crippen molar-refractivity contribution >= 4 is 35.3 Å². The summed E-state index contributed by atoms with van der Waals surface area (Å²) < 4.78 is 0. The largest absolute Gasteiger partial charge is 0.334 e. The van der Waals surface area contributed by atoms with E-state index < -0.39 is 4.92 Å². The highest BCUT2D eigenvalue weighted by Crippen LogP contribution is 2.29. The van der Waals surface area contributed by atoms with E-state index in [9.17, 15) is 14.9 Å². The summed E-state index contributed by atoms with van der Waals surface area (Å²) in [6.45, 7) is 3.13. The molecule has 0 aliphatic carbocycles. The van der Waals surface area contributed by atoms with Crippen molar-refractivity contribution in [2.24, 2.45) is 5.73 Å². The molecule has 0 bridgehead atoms. The maximum absolute atomic E-state index is 12.7. The maximum atomic E-state index is 12.7. The molecule has 1 heterocycles. The first kappa shape index (κ1) is 20.1. The molecule has 2 aromatic rings. The summed E-state index contributed by atoms with van der Waals surface area (Å²) in [5, 5.41) is 11.0. The molecule has 6 nitrogen and oxygen atoms in total. The van der Waals surface area contributed by atoms with Gasteiger partial charge in [0.25, 0.3) is 11.6 Å². The average molecular weight is 370 g/mol. The van der Waals surface area contributed by atoms with Gasteiger partial charge in [-0.15, -0.1) is 23.7 Å². The van der Waals surface area contributed by atoms with Gasteiger partial charge in [0.1, 0.15) is 0 Å². The molecule has 130 valence electrons. The molecular formula is C16H20ClN3O3S. The third-order valence-electron chi connectivity index (χ3n) is 3.43. The first-order chi connectivity index (χ1) is 11.0. The topological polar surface area (TPSA) is 89.5 Å². The number of benzene rings is 1. The van der Waals surface area contributed by atoms with E-state index in [0.29, 0.717) is 35.8 Å². The fraction of sp³-hybridized carbons (Fsp3) is 0.312. The molecule has 2 N–H and O–H groups in total. The number of halogens is 1. The Bertz CT molecular complexity index is 691. The first-order valence-electron chi connectivity index (χ1n) is 7.31. The summed E-state index contributed by atoms with van der Waals surface area (Å²) in [7, 11) is 0. The highest BCUT2D eigenvalue weighted by molar-refractivity contribution is 7.14. The number of rotatable bonds is 7. The number of carbonyl (C=O) groups excluding carboxylic acids is 1. The third-order valence-corrected chi connectivity index (χ3v) is 4.46. The molecule has 0 unspecified atom stereocenters. The minimum atomic E-state index is -0.454. The molecule has 0 aliphatic rings. The number of amides is 1. The predicted molar refractivity (Wildman–Crippen MR) is 97.8 cm³/mol. The summed E-state index contributed by atoms with van der Waals surface area (Å²) in [5.74, 6) is -0.191. The Balaban J connectivity index is 0.00000288. The van der Waals surface area contributed by atoms with Gasteiger partial charge in [0.2, 0.25) is 0 Å². The van der Waals surface area contributed by atoms with Crippen LogP contribution in [0.25, 0.3) is 0 Å². The predicted octanol–water partition coefficient (Wildman–Crippen LogP) is 3.38. The van der Waals surface area contributed by atoms with Gasteiger partial charge in [0.05, 0.1) is 14.7 Å². The fourth-order valence-corrected chi connectivity index (χ4v) is 3.21. The van der Waals surface area contributed by atoms with Crippen molar-refractivity contribution in [1.29, 1.82) is 0 Å². The lowest BCUT2D eigenvalue weighted by atomic mass is 10.2. The van der Waals surface area contributed by atoms with Crippen molar-refractivity contribution < 1.29 is 9.72 Å². The van der Waals surface area contributed by atoms with Crippen LogP contribution >= 0.6 is 23.7 Å². The van der Waals surface area contributed by atoms with Crippen molar-refractivity contribution in [3.8, 4) is 0 Å². The number of thiophene rings is 1. The molecule has 0 radical (unpaired) electrons. The lowest BCUT2D eigenvalue weighted by molar-refractivity contribution is -0.385. The highest BCUT2D eigenvalue weighted by Gasteiger charge is 2.23. The van der Waals surface area contributed by atoms with Crippen LogP contribution in [-0.2, 0) is 6.54 Å². The number of nitrogens with zero attached hydrogens (tertiary/aromatic N) is 2. The molecule has 0 saturated heterocycles. The van der Waals surface area contributed by atoms with Gasteiger partial charge in [-0.1, -0.05) is 30.3 Å². The van der Waals surface area contributed by atoms with E-state index in [2.05, 4.69) is 0 Å². The lowest BCUT2D eigenvalue weighted by Gasteiger charge is -2.22. The van der Waals surface area contributed by atoms with Crippen molar-refractivity contribution in [2.45, 2.75) is 19.9 Å². The van der Waals surface area contributed by atoms with Gasteiger partial charge in [-0.2, -0.15) is 0 Å². The lowest BCUT2D eigenvalue weighted by Crippen LogP contribution is -2.32. The van der Waals surface area contributed by atoms with Gasteiger partial charge in [-0.3, -0.25) is 14.9 Å². The molecule has 1 aromatic carbocycles. The standard InChI is InChI=1S/C16H19N3O3S.ClH/c1-12-14(19(21)22)10-15(23-12)16(20)18(9-5-8-17)11-13-6-3-2-4-7-13;/h2-4,6-7,10H,5,8-9,11,17H2,1H3;1H. The Kier molecular flexibility index (Phi) is 7.84. The molecule has 1 aromatic heterocycles. The van der Waals surface area contributed by atoms with Crippen molar-refractivity contribution in [2.75, 3.05) is 13.1 Å². The van der Waals surface area contributed by atoms with E-state index in [4.69, 9.17) is 5.73 Å². The summed E-state index contributed by atoms with van der Waals surface area (Å²) >= 11 is 1.16. The average Bonchev–Trinajstić information content (AvgIpc) is 2.94. The fourth-order valence-electron chi connectivity index (χ4n) is 2.25. The second kappa shape index (κ2) is 9.36. The first-order valence-corrected chi connectivity index (χ1v) is 8.12. The van der Waals surface area contributed by atoms with E-state index in [1.807, 2.05) is 30.3 Å². The number of hydrogen-bond acceptors (Lipinski definition) is 5. The second-order valence-corrected chi connectivity index (χ2v) is 6.42. The second-order valence-electron chi connectivity index (χ2n) is 5.16. The number of carbonyl (C=O) groups is 1. The van der Waals surface area contributed by atoms with E-state index in [1.54, 1.807) is 11.8 Å². The van der Waals surface area contributed by atoms with Gasteiger partial charge < -0.3 is 10.6 Å². The minimum Gasteiger partial charge on any atom is -0.334 e. The Morgan fingerprint density at radius 3 is 2.54 bits per heavy atom. The molecule has 0 spiro atoms. The van der Waals surface area contributed by atoms with E-state index in [-0.39, 0.29) is 24.0 Å². The van der Waals surface area contributed by atoms with Crippen LogP contribution in [0, 0.1) is 17.0 Å². The van der Waals surface area contributed by atoms with Crippen molar-refractivity contribution in [1.82, 2.24) is 4.90 Å². The smallest absolute Gasteiger partial charge is 0.283 e. The van der Waals surface area contributed by atoms with Gasteiger partial charge in [-0.05, 0) is 25.5 Å². The number of aryl methyl sites for hydroxylation is 1. The molecule has 24 heavy (non-hydrogen) atoms. The monoisotopic (exact) mass is 369 g/mol. The molecular weight excluding hydrogens is 350 g/mol. The highest BCUT2D eigenvalue weighted by atomic mass is 35.5. The summed E-state index contributed by atoms with van der Waals surface area (Å²) in [6.07, 6.45) is 0.686. The number of nitrogens with two attached hydrogens (primary N) is 1. The molecule has 0 fully saturated rings. The molecule has 1 amide bonds. The van der Waals surface area contributed by atoms with Gasteiger partial charge in [-0.25, -0.2) is 0 Å². The zero-order valence-corrected chi connectivity index (χ0v) is 14.9. The quantitative estimate of drug-likeness (QED) is 0.598. The van der Waals surface area contributed by atoms with Crippen LogP contribution in [-0.4, -0.2) is 28.8 Å². The summed E-state index contributed by atoms with van der Waals surface area (Å²) in [6, 6.07) is 11.0. The van der Waals surface area contributed by atoms with Crippen LogP contribution in [0.5, 0.6) is 0 Å².